The van der Waals surface area contributed by atoms with E-state index in [0.29, 0.717) is 0 Å². The summed E-state index contributed by atoms with van der Waals surface area (Å²) in [5, 5.41) is 4.40. The van der Waals surface area contributed by atoms with E-state index in [9.17, 15) is 0 Å². The molecule has 1 aliphatic heterocycles. The Balaban J connectivity index is 2.25. The van der Waals surface area contributed by atoms with Crippen molar-refractivity contribution >= 4 is 0 Å². The predicted octanol–water partition coefficient (Wildman–Crippen LogP) is 1.68. The summed E-state index contributed by atoms with van der Waals surface area (Å²) in [6, 6.07) is -0.163. The number of nitrogens with two attached hydrogens (primary N) is 1. The summed E-state index contributed by atoms with van der Waals surface area (Å²) >= 11 is 0. The van der Waals surface area contributed by atoms with Gasteiger partial charge >= 0.3 is 0 Å². The van der Waals surface area contributed by atoms with Crippen LogP contribution < -0.4 is 5.73 Å². The minimum atomic E-state index is -0.163. The second kappa shape index (κ2) is 4.70. The maximum Gasteiger partial charge on any atom is 0.113 e. The summed E-state index contributed by atoms with van der Waals surface area (Å²) in [6.07, 6.45) is 7.13. The van der Waals surface area contributed by atoms with Crippen molar-refractivity contribution < 1.29 is 4.74 Å². The van der Waals surface area contributed by atoms with Crippen LogP contribution in [0.25, 0.3) is 0 Å². The molecule has 16 heavy (non-hydrogen) atoms. The number of nitrogens with zero attached hydrogens (tertiary/aromatic N) is 2. The highest BCUT2D eigenvalue weighted by Gasteiger charge is 2.20. The lowest BCUT2D eigenvalue weighted by Gasteiger charge is -2.20. The largest absolute Gasteiger partial charge is 0.496 e. The van der Waals surface area contributed by atoms with E-state index in [0.717, 1.165) is 42.9 Å². The summed E-state index contributed by atoms with van der Waals surface area (Å²) in [5.74, 6) is 0.897. The van der Waals surface area contributed by atoms with Gasteiger partial charge in [-0.05, 0) is 25.3 Å². The fraction of sp³-hybridized carbons (Fsp3) is 0.583. The predicted molar refractivity (Wildman–Crippen MR) is 62.8 cm³/mol. The van der Waals surface area contributed by atoms with E-state index < -0.39 is 0 Å². The summed E-state index contributed by atoms with van der Waals surface area (Å²) < 4.78 is 7.42. The Kier molecular flexibility index (Phi) is 3.29. The molecule has 1 aromatic heterocycles. The fourth-order valence-corrected chi connectivity index (χ4v) is 2.03. The van der Waals surface area contributed by atoms with Crippen molar-refractivity contribution in [2.75, 3.05) is 6.61 Å². The van der Waals surface area contributed by atoms with Crippen molar-refractivity contribution in [2.24, 2.45) is 12.8 Å². The maximum atomic E-state index is 6.21. The highest BCUT2D eigenvalue weighted by atomic mass is 16.5. The van der Waals surface area contributed by atoms with Crippen LogP contribution in [-0.4, -0.2) is 16.4 Å². The van der Waals surface area contributed by atoms with Gasteiger partial charge in [-0.3, -0.25) is 4.68 Å². The van der Waals surface area contributed by atoms with Gasteiger partial charge in [0.25, 0.3) is 0 Å². The molecular formula is C12H19N3O. The van der Waals surface area contributed by atoms with Gasteiger partial charge < -0.3 is 10.5 Å². The van der Waals surface area contributed by atoms with Gasteiger partial charge in [0.1, 0.15) is 5.76 Å². The fourth-order valence-electron chi connectivity index (χ4n) is 2.03. The van der Waals surface area contributed by atoms with Crippen LogP contribution in [-0.2, 0) is 18.2 Å². The Bertz CT molecular complexity index is 395. The molecule has 4 nitrogen and oxygen atoms in total. The molecule has 1 aliphatic rings. The van der Waals surface area contributed by atoms with Crippen LogP contribution in [0, 0.1) is 0 Å². The minimum Gasteiger partial charge on any atom is -0.496 e. The molecule has 0 bridgehead atoms. The van der Waals surface area contributed by atoms with Crippen LogP contribution >= 0.6 is 0 Å². The minimum absolute atomic E-state index is 0.163. The Hall–Kier alpha value is -1.29. The first kappa shape index (κ1) is 11.2. The molecule has 0 amide bonds. The van der Waals surface area contributed by atoms with Crippen LogP contribution in [0.1, 0.15) is 37.1 Å². The second-order valence-electron chi connectivity index (χ2n) is 4.13. The average molecular weight is 221 g/mol. The lowest BCUT2D eigenvalue weighted by atomic mass is 10.0. The van der Waals surface area contributed by atoms with Gasteiger partial charge in [-0.2, -0.15) is 5.10 Å². The second-order valence-corrected chi connectivity index (χ2v) is 4.13. The van der Waals surface area contributed by atoms with E-state index in [-0.39, 0.29) is 6.04 Å². The first-order valence-corrected chi connectivity index (χ1v) is 5.83. The number of hydrogen-bond acceptors (Lipinski definition) is 3. The summed E-state index contributed by atoms with van der Waals surface area (Å²) in [7, 11) is 1.92. The molecule has 1 aromatic rings. The molecule has 88 valence electrons. The van der Waals surface area contributed by atoms with Crippen molar-refractivity contribution in [3.05, 3.63) is 29.3 Å². The summed E-state index contributed by atoms with van der Waals surface area (Å²) in [6.45, 7) is 2.87. The normalized spacial score (nSPS) is 17.8. The quantitative estimate of drug-likeness (QED) is 0.844. The van der Waals surface area contributed by atoms with E-state index in [1.165, 1.54) is 0 Å². The van der Waals surface area contributed by atoms with Gasteiger partial charge in [0.2, 0.25) is 0 Å². The average Bonchev–Trinajstić information content (AvgIpc) is 2.70. The molecule has 0 aliphatic carbocycles. The van der Waals surface area contributed by atoms with Gasteiger partial charge in [-0.25, -0.2) is 0 Å². The van der Waals surface area contributed by atoms with Crippen molar-refractivity contribution in [3.63, 3.8) is 0 Å². The standard InChI is InChI=1S/C12H19N3O/c1-3-10-9(8-15(2)14-10)12(13)11-6-4-5-7-16-11/h6,8,12H,3-5,7,13H2,1-2H3. The summed E-state index contributed by atoms with van der Waals surface area (Å²) in [5.41, 5.74) is 8.35. The van der Waals surface area contributed by atoms with Crippen LogP contribution in [0.3, 0.4) is 0 Å². The smallest absolute Gasteiger partial charge is 0.113 e. The third-order valence-electron chi connectivity index (χ3n) is 2.88. The first-order valence-electron chi connectivity index (χ1n) is 5.83. The zero-order chi connectivity index (χ0) is 11.5. The lowest BCUT2D eigenvalue weighted by molar-refractivity contribution is 0.175. The van der Waals surface area contributed by atoms with Gasteiger partial charge in [-0.15, -0.1) is 0 Å². The zero-order valence-corrected chi connectivity index (χ0v) is 9.94. The van der Waals surface area contributed by atoms with Gasteiger partial charge in [-0.1, -0.05) is 6.92 Å². The number of allylic oxidation sites excluding steroid dienone is 1. The number of rotatable bonds is 3. The SMILES string of the molecule is CCc1nn(C)cc1C(N)C1=CCCCO1. The molecule has 0 saturated heterocycles. The van der Waals surface area contributed by atoms with E-state index in [2.05, 4.69) is 18.1 Å². The van der Waals surface area contributed by atoms with Crippen molar-refractivity contribution in [1.82, 2.24) is 9.78 Å². The number of aryl methyl sites for hydroxylation is 2. The summed E-state index contributed by atoms with van der Waals surface area (Å²) in [4.78, 5) is 0. The van der Waals surface area contributed by atoms with Crippen LogP contribution in [0.4, 0.5) is 0 Å². The molecule has 1 atom stereocenters. The van der Waals surface area contributed by atoms with E-state index in [4.69, 9.17) is 10.5 Å². The van der Waals surface area contributed by atoms with Crippen LogP contribution in [0.5, 0.6) is 0 Å². The van der Waals surface area contributed by atoms with Gasteiger partial charge in [0, 0.05) is 18.8 Å². The van der Waals surface area contributed by atoms with Crippen molar-refractivity contribution in [3.8, 4) is 0 Å². The molecule has 0 radical (unpaired) electrons. The number of hydrogen-bond donors (Lipinski definition) is 1. The molecule has 2 rings (SSSR count). The highest BCUT2D eigenvalue weighted by molar-refractivity contribution is 5.27. The zero-order valence-electron chi connectivity index (χ0n) is 9.94. The first-order chi connectivity index (χ1) is 7.72. The topological polar surface area (TPSA) is 53.1 Å². The Morgan fingerprint density at radius 3 is 3.06 bits per heavy atom. The molecule has 0 spiro atoms. The van der Waals surface area contributed by atoms with Gasteiger partial charge in [0.15, 0.2) is 0 Å². The van der Waals surface area contributed by atoms with Crippen molar-refractivity contribution in [1.29, 1.82) is 0 Å². The Morgan fingerprint density at radius 1 is 1.62 bits per heavy atom. The molecule has 0 saturated carbocycles. The van der Waals surface area contributed by atoms with Crippen molar-refractivity contribution in [2.45, 2.75) is 32.2 Å². The Labute approximate surface area is 96.1 Å². The third-order valence-corrected chi connectivity index (χ3v) is 2.88. The molecule has 2 heterocycles. The lowest BCUT2D eigenvalue weighted by Crippen LogP contribution is -2.18. The molecule has 1 unspecified atom stereocenters. The molecular weight excluding hydrogens is 202 g/mol. The molecule has 0 fully saturated rings. The van der Waals surface area contributed by atoms with E-state index in [1.807, 2.05) is 17.9 Å². The molecule has 4 heteroatoms. The molecule has 0 aromatic carbocycles. The number of aromatic nitrogens is 2. The van der Waals surface area contributed by atoms with Crippen LogP contribution in [0.15, 0.2) is 18.0 Å². The van der Waals surface area contributed by atoms with E-state index >= 15 is 0 Å². The maximum absolute atomic E-state index is 6.21. The monoisotopic (exact) mass is 221 g/mol. The number of ether oxygens (including phenoxy) is 1. The molecule has 2 N–H and O–H groups in total. The van der Waals surface area contributed by atoms with E-state index in [1.54, 1.807) is 0 Å². The van der Waals surface area contributed by atoms with Crippen LogP contribution in [0.2, 0.25) is 0 Å². The van der Waals surface area contributed by atoms with Gasteiger partial charge in [0.05, 0.1) is 18.3 Å². The third kappa shape index (κ3) is 2.11. The Morgan fingerprint density at radius 2 is 2.44 bits per heavy atom. The highest BCUT2D eigenvalue weighted by Crippen LogP contribution is 2.25.